The lowest BCUT2D eigenvalue weighted by molar-refractivity contribution is 0.910. The second-order valence-electron chi connectivity index (χ2n) is 4.23. The molecule has 0 bridgehead atoms. The molecule has 78 valence electrons. The van der Waals surface area contributed by atoms with E-state index in [0.29, 0.717) is 0 Å². The highest BCUT2D eigenvalue weighted by molar-refractivity contribution is 5.30. The lowest BCUT2D eigenvalue weighted by Gasteiger charge is -2.05. The van der Waals surface area contributed by atoms with Crippen LogP contribution in [0.2, 0.25) is 0 Å². The van der Waals surface area contributed by atoms with Gasteiger partial charge in [-0.3, -0.25) is 0 Å². The van der Waals surface area contributed by atoms with Crippen LogP contribution in [-0.2, 0) is 6.42 Å². The van der Waals surface area contributed by atoms with Crippen LogP contribution in [0.25, 0.3) is 0 Å². The van der Waals surface area contributed by atoms with Gasteiger partial charge in [0, 0.05) is 0 Å². The fourth-order valence-corrected chi connectivity index (χ4v) is 2.04. The Morgan fingerprint density at radius 1 is 1.20 bits per heavy atom. The normalized spacial score (nSPS) is 18.2. The summed E-state index contributed by atoms with van der Waals surface area (Å²) in [4.78, 5) is 0. The van der Waals surface area contributed by atoms with Crippen molar-refractivity contribution in [3.05, 3.63) is 59.2 Å². The van der Waals surface area contributed by atoms with Crippen molar-refractivity contribution in [3.8, 4) is 0 Å². The Morgan fingerprint density at radius 3 is 2.67 bits per heavy atom. The fourth-order valence-electron chi connectivity index (χ4n) is 2.04. The summed E-state index contributed by atoms with van der Waals surface area (Å²) in [6.45, 7) is 2.27. The molecule has 0 heteroatoms. The average Bonchev–Trinajstić information content (AvgIpc) is 2.81. The van der Waals surface area contributed by atoms with Crippen LogP contribution in [-0.4, -0.2) is 0 Å². The Morgan fingerprint density at radius 2 is 2.00 bits per heavy atom. The zero-order valence-corrected chi connectivity index (χ0v) is 9.37. The Bertz CT molecular complexity index is 368. The molecule has 0 atom stereocenters. The lowest BCUT2D eigenvalue weighted by Crippen LogP contribution is -1.88. The van der Waals surface area contributed by atoms with Crippen molar-refractivity contribution < 1.29 is 0 Å². The van der Waals surface area contributed by atoms with Crippen LogP contribution < -0.4 is 0 Å². The molecule has 1 aliphatic rings. The first-order valence-corrected chi connectivity index (χ1v) is 5.75. The van der Waals surface area contributed by atoms with Gasteiger partial charge in [0.05, 0.1) is 0 Å². The molecule has 1 aliphatic carbocycles. The lowest BCUT2D eigenvalue weighted by atomic mass is 10.0. The number of rotatable bonds is 3. The number of hydrogen-bond acceptors (Lipinski definition) is 0. The van der Waals surface area contributed by atoms with Crippen molar-refractivity contribution in [3.63, 3.8) is 0 Å². The number of aryl methyl sites for hydroxylation is 1. The highest BCUT2D eigenvalue weighted by atomic mass is 14.1. The minimum atomic E-state index is 1.17. The predicted octanol–water partition coefficient (Wildman–Crippen LogP) is 4.29. The van der Waals surface area contributed by atoms with Gasteiger partial charge in [-0.25, -0.2) is 0 Å². The SMILES string of the molecule is C/C(CCc1ccccc1)=C1\C=CCC1. The molecule has 0 heterocycles. The van der Waals surface area contributed by atoms with Gasteiger partial charge >= 0.3 is 0 Å². The predicted molar refractivity (Wildman–Crippen MR) is 65.8 cm³/mol. The van der Waals surface area contributed by atoms with Crippen LogP contribution in [0.1, 0.15) is 31.7 Å². The summed E-state index contributed by atoms with van der Waals surface area (Å²) >= 11 is 0. The van der Waals surface area contributed by atoms with E-state index in [1.165, 1.54) is 31.2 Å². The van der Waals surface area contributed by atoms with Gasteiger partial charge in [-0.15, -0.1) is 0 Å². The Labute approximate surface area is 92.3 Å². The molecule has 1 aromatic carbocycles. The molecule has 0 aromatic heterocycles. The summed E-state index contributed by atoms with van der Waals surface area (Å²) in [6.07, 6.45) is 9.42. The highest BCUT2D eigenvalue weighted by Gasteiger charge is 2.03. The van der Waals surface area contributed by atoms with Crippen LogP contribution in [0.3, 0.4) is 0 Å². The monoisotopic (exact) mass is 198 g/mol. The van der Waals surface area contributed by atoms with E-state index in [9.17, 15) is 0 Å². The molecule has 0 unspecified atom stereocenters. The summed E-state index contributed by atoms with van der Waals surface area (Å²) in [5, 5.41) is 0. The molecule has 0 amide bonds. The van der Waals surface area contributed by atoms with E-state index in [2.05, 4.69) is 49.4 Å². The molecular formula is C15H18. The largest absolute Gasteiger partial charge is 0.0839 e. The van der Waals surface area contributed by atoms with Crippen LogP contribution in [0, 0.1) is 0 Å². The van der Waals surface area contributed by atoms with Gasteiger partial charge < -0.3 is 0 Å². The molecule has 1 aromatic rings. The third-order valence-corrected chi connectivity index (χ3v) is 3.08. The summed E-state index contributed by atoms with van der Waals surface area (Å²) < 4.78 is 0. The second kappa shape index (κ2) is 4.97. The summed E-state index contributed by atoms with van der Waals surface area (Å²) in [7, 11) is 0. The van der Waals surface area contributed by atoms with Crippen LogP contribution in [0.4, 0.5) is 0 Å². The molecule has 0 saturated carbocycles. The van der Waals surface area contributed by atoms with E-state index in [1.807, 2.05) is 0 Å². The molecule has 0 fully saturated rings. The van der Waals surface area contributed by atoms with E-state index < -0.39 is 0 Å². The number of allylic oxidation sites excluding steroid dienone is 4. The molecule has 0 nitrogen and oxygen atoms in total. The third-order valence-electron chi connectivity index (χ3n) is 3.08. The smallest absolute Gasteiger partial charge is 0.0241 e. The van der Waals surface area contributed by atoms with E-state index in [1.54, 1.807) is 11.1 Å². The maximum atomic E-state index is 2.29. The first-order valence-electron chi connectivity index (χ1n) is 5.75. The Kier molecular flexibility index (Phi) is 3.39. The van der Waals surface area contributed by atoms with Crippen LogP contribution >= 0.6 is 0 Å². The molecule has 0 spiro atoms. The van der Waals surface area contributed by atoms with Crippen LogP contribution in [0.5, 0.6) is 0 Å². The van der Waals surface area contributed by atoms with Gasteiger partial charge in [0.15, 0.2) is 0 Å². The van der Waals surface area contributed by atoms with Crippen molar-refractivity contribution >= 4 is 0 Å². The van der Waals surface area contributed by atoms with Crippen molar-refractivity contribution in [1.82, 2.24) is 0 Å². The minimum absolute atomic E-state index is 1.17. The Hall–Kier alpha value is -1.30. The first-order chi connectivity index (χ1) is 7.36. The average molecular weight is 198 g/mol. The molecule has 15 heavy (non-hydrogen) atoms. The number of hydrogen-bond donors (Lipinski definition) is 0. The molecule has 2 rings (SSSR count). The standard InChI is InChI=1S/C15H18/c1-13(15-9-5-6-10-15)11-12-14-7-3-2-4-8-14/h2-5,7-9H,6,10-12H2,1H3/b15-13-. The molecule has 0 aliphatic heterocycles. The second-order valence-corrected chi connectivity index (χ2v) is 4.23. The fraction of sp³-hybridized carbons (Fsp3) is 0.333. The van der Waals surface area contributed by atoms with E-state index >= 15 is 0 Å². The summed E-state index contributed by atoms with van der Waals surface area (Å²) in [5.41, 5.74) is 4.57. The van der Waals surface area contributed by atoms with E-state index in [4.69, 9.17) is 0 Å². The zero-order valence-electron chi connectivity index (χ0n) is 9.37. The quantitative estimate of drug-likeness (QED) is 0.679. The van der Waals surface area contributed by atoms with Gasteiger partial charge in [0.2, 0.25) is 0 Å². The maximum absolute atomic E-state index is 2.29. The summed E-state index contributed by atoms with van der Waals surface area (Å²) in [5.74, 6) is 0. The minimum Gasteiger partial charge on any atom is -0.0839 e. The maximum Gasteiger partial charge on any atom is -0.0241 e. The van der Waals surface area contributed by atoms with Gasteiger partial charge in [0.1, 0.15) is 0 Å². The molecule has 0 radical (unpaired) electrons. The molecule has 0 N–H and O–H groups in total. The van der Waals surface area contributed by atoms with Crippen molar-refractivity contribution in [1.29, 1.82) is 0 Å². The third kappa shape index (κ3) is 2.82. The topological polar surface area (TPSA) is 0 Å². The summed E-state index contributed by atoms with van der Waals surface area (Å²) in [6, 6.07) is 10.7. The highest BCUT2D eigenvalue weighted by Crippen LogP contribution is 2.22. The number of benzene rings is 1. The van der Waals surface area contributed by atoms with E-state index in [-0.39, 0.29) is 0 Å². The zero-order chi connectivity index (χ0) is 10.5. The van der Waals surface area contributed by atoms with Gasteiger partial charge in [-0.1, -0.05) is 48.1 Å². The molecular weight excluding hydrogens is 180 g/mol. The van der Waals surface area contributed by atoms with Gasteiger partial charge in [-0.05, 0) is 43.7 Å². The van der Waals surface area contributed by atoms with Gasteiger partial charge in [-0.2, -0.15) is 0 Å². The van der Waals surface area contributed by atoms with Crippen molar-refractivity contribution in [2.75, 3.05) is 0 Å². The van der Waals surface area contributed by atoms with E-state index in [0.717, 1.165) is 0 Å². The van der Waals surface area contributed by atoms with Crippen molar-refractivity contribution in [2.45, 2.75) is 32.6 Å². The molecule has 0 saturated heterocycles. The van der Waals surface area contributed by atoms with Gasteiger partial charge in [0.25, 0.3) is 0 Å². The Balaban J connectivity index is 1.94. The van der Waals surface area contributed by atoms with Crippen molar-refractivity contribution in [2.24, 2.45) is 0 Å². The first kappa shape index (κ1) is 10.2. The van der Waals surface area contributed by atoms with Crippen LogP contribution in [0.15, 0.2) is 53.6 Å².